The molecule has 0 aliphatic rings. The first-order chi connectivity index (χ1) is 11.6. The van der Waals surface area contributed by atoms with Crippen LogP contribution in [0.15, 0.2) is 48.5 Å². The highest BCUT2D eigenvalue weighted by molar-refractivity contribution is 6.42. The van der Waals surface area contributed by atoms with Crippen molar-refractivity contribution < 1.29 is 9.53 Å². The van der Waals surface area contributed by atoms with Gasteiger partial charge < -0.3 is 4.74 Å². The summed E-state index contributed by atoms with van der Waals surface area (Å²) in [6.07, 6.45) is 0.714. The standard InChI is InChI=1S/C18H14Cl2N2O2/c1-2-24-15-6-4-14(5-7-15)22-18(10-13(11-23)21-22)12-3-8-16(19)17(20)9-12/h3-11H,2H2,1H3. The fourth-order valence-corrected chi connectivity index (χ4v) is 2.66. The average molecular weight is 361 g/mol. The summed E-state index contributed by atoms with van der Waals surface area (Å²) in [4.78, 5) is 11.2. The minimum absolute atomic E-state index is 0.338. The second-order valence-corrected chi connectivity index (χ2v) is 5.85. The smallest absolute Gasteiger partial charge is 0.170 e. The van der Waals surface area contributed by atoms with E-state index < -0.39 is 0 Å². The minimum atomic E-state index is 0.338. The molecule has 0 fully saturated rings. The van der Waals surface area contributed by atoms with Gasteiger partial charge in [0.15, 0.2) is 6.29 Å². The molecule has 24 heavy (non-hydrogen) atoms. The van der Waals surface area contributed by atoms with Crippen LogP contribution in [0, 0.1) is 0 Å². The molecule has 2 aromatic carbocycles. The molecule has 6 heteroatoms. The van der Waals surface area contributed by atoms with Crippen molar-refractivity contribution in [1.29, 1.82) is 0 Å². The summed E-state index contributed by atoms with van der Waals surface area (Å²) in [5.74, 6) is 0.778. The van der Waals surface area contributed by atoms with Gasteiger partial charge in [0, 0.05) is 5.56 Å². The van der Waals surface area contributed by atoms with Crippen molar-refractivity contribution in [2.75, 3.05) is 6.61 Å². The van der Waals surface area contributed by atoms with E-state index in [1.54, 1.807) is 22.9 Å². The van der Waals surface area contributed by atoms with Crippen LogP contribution in [-0.2, 0) is 0 Å². The quantitative estimate of drug-likeness (QED) is 0.597. The van der Waals surface area contributed by atoms with Gasteiger partial charge in [-0.15, -0.1) is 0 Å². The van der Waals surface area contributed by atoms with E-state index >= 15 is 0 Å². The van der Waals surface area contributed by atoms with E-state index in [1.165, 1.54) is 0 Å². The lowest BCUT2D eigenvalue weighted by Gasteiger charge is -2.09. The molecule has 3 aromatic rings. The maximum absolute atomic E-state index is 11.2. The number of ether oxygens (including phenoxy) is 1. The summed E-state index contributed by atoms with van der Waals surface area (Å²) in [7, 11) is 0. The molecular weight excluding hydrogens is 347 g/mol. The number of halogens is 2. The number of aromatic nitrogens is 2. The number of hydrogen-bond donors (Lipinski definition) is 0. The molecule has 0 radical (unpaired) electrons. The molecule has 122 valence electrons. The summed E-state index contributed by atoms with van der Waals surface area (Å²) in [5.41, 5.74) is 2.72. The summed E-state index contributed by atoms with van der Waals surface area (Å²) in [6, 6.07) is 14.5. The van der Waals surface area contributed by atoms with Crippen LogP contribution in [0.4, 0.5) is 0 Å². The molecule has 0 unspecified atom stereocenters. The Morgan fingerprint density at radius 3 is 2.46 bits per heavy atom. The third-order valence-electron chi connectivity index (χ3n) is 3.46. The zero-order valence-electron chi connectivity index (χ0n) is 12.9. The van der Waals surface area contributed by atoms with Crippen LogP contribution in [0.1, 0.15) is 17.4 Å². The number of rotatable bonds is 5. The van der Waals surface area contributed by atoms with E-state index in [0.717, 1.165) is 22.7 Å². The number of carbonyl (C=O) groups is 1. The molecular formula is C18H14Cl2N2O2. The Morgan fingerprint density at radius 1 is 1.08 bits per heavy atom. The predicted molar refractivity (Wildman–Crippen MR) is 95.6 cm³/mol. The summed E-state index contributed by atoms with van der Waals surface area (Å²) in [5, 5.41) is 5.26. The first-order valence-electron chi connectivity index (χ1n) is 7.36. The van der Waals surface area contributed by atoms with Crippen LogP contribution in [-0.4, -0.2) is 22.7 Å². The first kappa shape index (κ1) is 16.6. The van der Waals surface area contributed by atoms with E-state index in [9.17, 15) is 4.79 Å². The van der Waals surface area contributed by atoms with Gasteiger partial charge in [0.2, 0.25) is 0 Å². The van der Waals surface area contributed by atoms with E-state index in [-0.39, 0.29) is 0 Å². The van der Waals surface area contributed by atoms with Crippen LogP contribution < -0.4 is 4.74 Å². The van der Waals surface area contributed by atoms with Gasteiger partial charge in [0.1, 0.15) is 11.4 Å². The molecule has 0 atom stereocenters. The van der Waals surface area contributed by atoms with Crippen molar-refractivity contribution in [3.8, 4) is 22.7 Å². The van der Waals surface area contributed by atoms with Crippen molar-refractivity contribution in [3.63, 3.8) is 0 Å². The maximum atomic E-state index is 11.2. The van der Waals surface area contributed by atoms with Crippen molar-refractivity contribution in [1.82, 2.24) is 9.78 Å². The van der Waals surface area contributed by atoms with Gasteiger partial charge in [-0.3, -0.25) is 4.79 Å². The van der Waals surface area contributed by atoms with Crippen LogP contribution in [0.3, 0.4) is 0 Å². The van der Waals surface area contributed by atoms with Gasteiger partial charge in [-0.25, -0.2) is 4.68 Å². The van der Waals surface area contributed by atoms with Gasteiger partial charge in [-0.05, 0) is 49.4 Å². The van der Waals surface area contributed by atoms with Crippen molar-refractivity contribution >= 4 is 29.5 Å². The summed E-state index contributed by atoms with van der Waals surface area (Å²) >= 11 is 12.1. The first-order valence-corrected chi connectivity index (χ1v) is 8.12. The van der Waals surface area contributed by atoms with Crippen molar-refractivity contribution in [2.45, 2.75) is 6.92 Å². The number of aldehydes is 1. The predicted octanol–water partition coefficient (Wildman–Crippen LogP) is 5.06. The van der Waals surface area contributed by atoms with Gasteiger partial charge >= 0.3 is 0 Å². The molecule has 0 aliphatic carbocycles. The lowest BCUT2D eigenvalue weighted by Crippen LogP contribution is -2.00. The number of hydrogen-bond acceptors (Lipinski definition) is 3. The molecule has 3 rings (SSSR count). The lowest BCUT2D eigenvalue weighted by atomic mass is 10.1. The van der Waals surface area contributed by atoms with Crippen LogP contribution >= 0.6 is 23.2 Å². The van der Waals surface area contributed by atoms with Gasteiger partial charge in [0.25, 0.3) is 0 Å². The van der Waals surface area contributed by atoms with Crippen molar-refractivity contribution in [2.24, 2.45) is 0 Å². The normalized spacial score (nSPS) is 10.6. The molecule has 0 saturated heterocycles. The number of nitrogens with zero attached hydrogens (tertiary/aromatic N) is 2. The lowest BCUT2D eigenvalue weighted by molar-refractivity contribution is 0.111. The fraction of sp³-hybridized carbons (Fsp3) is 0.111. The molecule has 0 spiro atoms. The molecule has 4 nitrogen and oxygen atoms in total. The van der Waals surface area contributed by atoms with Gasteiger partial charge in [0.05, 0.1) is 28.0 Å². The highest BCUT2D eigenvalue weighted by atomic mass is 35.5. The molecule has 0 saturated carbocycles. The Balaban J connectivity index is 2.08. The highest BCUT2D eigenvalue weighted by Crippen LogP contribution is 2.30. The average Bonchev–Trinajstić information content (AvgIpc) is 3.03. The second kappa shape index (κ2) is 7.07. The largest absolute Gasteiger partial charge is 0.494 e. The summed E-state index contributed by atoms with van der Waals surface area (Å²) < 4.78 is 7.14. The van der Waals surface area contributed by atoms with Crippen LogP contribution in [0.5, 0.6) is 5.75 Å². The molecule has 1 heterocycles. The fourth-order valence-electron chi connectivity index (χ4n) is 2.37. The van der Waals surface area contributed by atoms with E-state index in [0.29, 0.717) is 28.6 Å². The van der Waals surface area contributed by atoms with Gasteiger partial charge in [-0.2, -0.15) is 5.10 Å². The molecule has 1 aromatic heterocycles. The van der Waals surface area contributed by atoms with E-state index in [1.807, 2.05) is 37.3 Å². The Hall–Kier alpha value is -2.30. The minimum Gasteiger partial charge on any atom is -0.494 e. The highest BCUT2D eigenvalue weighted by Gasteiger charge is 2.13. The Morgan fingerprint density at radius 2 is 1.83 bits per heavy atom. The zero-order chi connectivity index (χ0) is 17.1. The Bertz CT molecular complexity index is 873. The molecule has 0 amide bonds. The number of benzene rings is 2. The van der Waals surface area contributed by atoms with Crippen LogP contribution in [0.25, 0.3) is 16.9 Å². The topological polar surface area (TPSA) is 44.1 Å². The molecule has 0 bridgehead atoms. The second-order valence-electron chi connectivity index (χ2n) is 5.04. The van der Waals surface area contributed by atoms with Crippen LogP contribution in [0.2, 0.25) is 10.0 Å². The SMILES string of the molecule is CCOc1ccc(-n2nc(C=O)cc2-c2ccc(Cl)c(Cl)c2)cc1. The summed E-state index contributed by atoms with van der Waals surface area (Å²) in [6.45, 7) is 2.53. The van der Waals surface area contributed by atoms with E-state index in [4.69, 9.17) is 27.9 Å². The monoisotopic (exact) mass is 360 g/mol. The third kappa shape index (κ3) is 3.30. The van der Waals surface area contributed by atoms with Gasteiger partial charge in [-0.1, -0.05) is 29.3 Å². The molecule has 0 aliphatic heterocycles. The molecule has 0 N–H and O–H groups in total. The van der Waals surface area contributed by atoms with E-state index in [2.05, 4.69) is 5.10 Å². The van der Waals surface area contributed by atoms with Crippen molar-refractivity contribution in [3.05, 3.63) is 64.3 Å². The maximum Gasteiger partial charge on any atom is 0.170 e. The third-order valence-corrected chi connectivity index (χ3v) is 4.20. The number of carbonyl (C=O) groups excluding carboxylic acids is 1. The Labute approximate surface area is 149 Å². The Kier molecular flexibility index (Phi) is 4.88. The zero-order valence-corrected chi connectivity index (χ0v) is 14.4.